The van der Waals surface area contributed by atoms with E-state index in [2.05, 4.69) is 9.97 Å². The van der Waals surface area contributed by atoms with Gasteiger partial charge in [-0.15, -0.1) is 0 Å². The highest BCUT2D eigenvalue weighted by atomic mass is 14.9. The molecule has 3 nitrogen and oxygen atoms in total. The molecule has 1 unspecified atom stereocenters. The summed E-state index contributed by atoms with van der Waals surface area (Å²) in [4.78, 5) is 7.83. The molecule has 1 aromatic rings. The summed E-state index contributed by atoms with van der Waals surface area (Å²) >= 11 is 0. The molecule has 0 radical (unpaired) electrons. The Morgan fingerprint density at radius 3 is 3.08 bits per heavy atom. The fraction of sp³-hybridized carbons (Fsp3) is 0.667. The second-order valence-corrected chi connectivity index (χ2v) is 3.64. The number of aromatic nitrogens is 2. The Bertz CT molecular complexity index is 254. The van der Waals surface area contributed by atoms with Gasteiger partial charge in [0.05, 0.1) is 5.69 Å². The van der Waals surface area contributed by atoms with E-state index < -0.39 is 0 Å². The van der Waals surface area contributed by atoms with Gasteiger partial charge in [-0.25, -0.2) is 4.98 Å². The Labute approximate surface area is 72.4 Å². The van der Waals surface area contributed by atoms with Crippen LogP contribution in [0.5, 0.6) is 0 Å². The first-order valence-electron chi connectivity index (χ1n) is 4.58. The van der Waals surface area contributed by atoms with Crippen LogP contribution in [0.2, 0.25) is 0 Å². The highest BCUT2D eigenvalue weighted by molar-refractivity contribution is 5.19. The topological polar surface area (TPSA) is 54.7 Å². The van der Waals surface area contributed by atoms with E-state index in [0.29, 0.717) is 0 Å². The minimum absolute atomic E-state index is 0.205. The normalized spacial score (nSPS) is 17.8. The Hall–Kier alpha value is -0.830. The highest BCUT2D eigenvalue weighted by Crippen LogP contribution is 2.19. The van der Waals surface area contributed by atoms with Gasteiger partial charge in [-0.1, -0.05) is 0 Å². The minimum atomic E-state index is 0.205. The van der Waals surface area contributed by atoms with Crippen LogP contribution in [0.3, 0.4) is 0 Å². The van der Waals surface area contributed by atoms with Crippen molar-refractivity contribution in [2.75, 3.05) is 0 Å². The summed E-state index contributed by atoms with van der Waals surface area (Å²) in [5.41, 5.74) is 8.29. The van der Waals surface area contributed by atoms with Gasteiger partial charge < -0.3 is 10.7 Å². The van der Waals surface area contributed by atoms with Gasteiger partial charge in [-0.3, -0.25) is 0 Å². The number of aromatic amines is 1. The second kappa shape index (κ2) is 2.90. The van der Waals surface area contributed by atoms with Crippen molar-refractivity contribution in [1.82, 2.24) is 9.97 Å². The van der Waals surface area contributed by atoms with Gasteiger partial charge in [0.2, 0.25) is 0 Å². The zero-order chi connectivity index (χ0) is 8.55. The van der Waals surface area contributed by atoms with Gasteiger partial charge in [0, 0.05) is 18.2 Å². The zero-order valence-corrected chi connectivity index (χ0v) is 7.43. The van der Waals surface area contributed by atoms with Gasteiger partial charge in [-0.05, 0) is 26.2 Å². The van der Waals surface area contributed by atoms with Gasteiger partial charge in [0.25, 0.3) is 0 Å². The minimum Gasteiger partial charge on any atom is -0.346 e. The molecule has 1 aliphatic rings. The fourth-order valence-corrected chi connectivity index (χ4v) is 1.75. The summed E-state index contributed by atoms with van der Waals surface area (Å²) in [6, 6.07) is 0.205. The molecule has 0 aromatic carbocycles. The SMILES string of the molecule is CC(N)Cc1nc2c([nH]1)CCC2. The van der Waals surface area contributed by atoms with Gasteiger partial charge >= 0.3 is 0 Å². The number of imidazole rings is 1. The Morgan fingerprint density at radius 1 is 1.58 bits per heavy atom. The predicted octanol–water partition coefficient (Wildman–Crippen LogP) is 0.788. The van der Waals surface area contributed by atoms with Crippen LogP contribution in [0.25, 0.3) is 0 Å². The molecule has 0 bridgehead atoms. The molecule has 1 heterocycles. The van der Waals surface area contributed by atoms with E-state index >= 15 is 0 Å². The molecular formula is C9H15N3. The van der Waals surface area contributed by atoms with Crippen molar-refractivity contribution < 1.29 is 0 Å². The lowest BCUT2D eigenvalue weighted by molar-refractivity contribution is 0.702. The van der Waals surface area contributed by atoms with E-state index in [1.165, 1.54) is 24.2 Å². The number of hydrogen-bond donors (Lipinski definition) is 2. The molecule has 0 amide bonds. The van der Waals surface area contributed by atoms with E-state index in [4.69, 9.17) is 5.73 Å². The third kappa shape index (κ3) is 1.37. The molecule has 3 heteroatoms. The van der Waals surface area contributed by atoms with E-state index in [9.17, 15) is 0 Å². The molecule has 66 valence electrons. The molecule has 2 rings (SSSR count). The predicted molar refractivity (Wildman–Crippen MR) is 48.0 cm³/mol. The molecule has 1 aliphatic carbocycles. The zero-order valence-electron chi connectivity index (χ0n) is 7.43. The lowest BCUT2D eigenvalue weighted by atomic mass is 10.2. The smallest absolute Gasteiger partial charge is 0.108 e. The summed E-state index contributed by atoms with van der Waals surface area (Å²) in [7, 11) is 0. The van der Waals surface area contributed by atoms with Crippen molar-refractivity contribution in [1.29, 1.82) is 0 Å². The number of nitrogens with one attached hydrogen (secondary N) is 1. The number of nitrogens with two attached hydrogens (primary N) is 1. The number of fused-ring (bicyclic) bond motifs is 1. The van der Waals surface area contributed by atoms with Crippen LogP contribution >= 0.6 is 0 Å². The molecule has 0 saturated heterocycles. The summed E-state index contributed by atoms with van der Waals surface area (Å²) in [5.74, 6) is 1.06. The quantitative estimate of drug-likeness (QED) is 0.680. The van der Waals surface area contributed by atoms with Crippen molar-refractivity contribution in [2.24, 2.45) is 5.73 Å². The van der Waals surface area contributed by atoms with E-state index in [1.807, 2.05) is 6.92 Å². The van der Waals surface area contributed by atoms with Gasteiger partial charge in [0.15, 0.2) is 0 Å². The van der Waals surface area contributed by atoms with Crippen LogP contribution in [-0.4, -0.2) is 16.0 Å². The molecular weight excluding hydrogens is 150 g/mol. The summed E-state index contributed by atoms with van der Waals surface area (Å²) in [6.45, 7) is 2.01. The number of hydrogen-bond acceptors (Lipinski definition) is 2. The third-order valence-corrected chi connectivity index (χ3v) is 2.27. The van der Waals surface area contributed by atoms with Crippen molar-refractivity contribution in [3.05, 3.63) is 17.2 Å². The third-order valence-electron chi connectivity index (χ3n) is 2.27. The second-order valence-electron chi connectivity index (χ2n) is 3.64. The maximum Gasteiger partial charge on any atom is 0.108 e. The van der Waals surface area contributed by atoms with Crippen molar-refractivity contribution >= 4 is 0 Å². The van der Waals surface area contributed by atoms with Crippen LogP contribution < -0.4 is 5.73 Å². The van der Waals surface area contributed by atoms with Crippen molar-refractivity contribution in [3.63, 3.8) is 0 Å². The molecule has 0 spiro atoms. The van der Waals surface area contributed by atoms with Gasteiger partial charge in [0.1, 0.15) is 5.82 Å². The lowest BCUT2D eigenvalue weighted by Gasteiger charge is -2.00. The summed E-state index contributed by atoms with van der Waals surface area (Å²) < 4.78 is 0. The first-order chi connectivity index (χ1) is 5.75. The van der Waals surface area contributed by atoms with E-state index in [0.717, 1.165) is 18.7 Å². The Morgan fingerprint density at radius 2 is 2.42 bits per heavy atom. The molecule has 3 N–H and O–H groups in total. The molecule has 1 aromatic heterocycles. The first-order valence-corrected chi connectivity index (χ1v) is 4.58. The molecule has 0 saturated carbocycles. The maximum absolute atomic E-state index is 5.68. The highest BCUT2D eigenvalue weighted by Gasteiger charge is 2.15. The van der Waals surface area contributed by atoms with Gasteiger partial charge in [-0.2, -0.15) is 0 Å². The van der Waals surface area contributed by atoms with Crippen LogP contribution in [0.15, 0.2) is 0 Å². The Balaban J connectivity index is 2.15. The number of H-pyrrole nitrogens is 1. The first kappa shape index (κ1) is 7.80. The van der Waals surface area contributed by atoms with Crippen LogP contribution in [0.4, 0.5) is 0 Å². The number of aryl methyl sites for hydroxylation is 2. The van der Waals surface area contributed by atoms with Crippen LogP contribution in [0.1, 0.15) is 30.6 Å². The fourth-order valence-electron chi connectivity index (χ4n) is 1.75. The summed E-state index contributed by atoms with van der Waals surface area (Å²) in [5, 5.41) is 0. The largest absolute Gasteiger partial charge is 0.346 e. The average Bonchev–Trinajstić information content (AvgIpc) is 2.43. The van der Waals surface area contributed by atoms with Crippen molar-refractivity contribution in [2.45, 2.75) is 38.6 Å². The Kier molecular flexibility index (Phi) is 1.89. The van der Waals surface area contributed by atoms with Crippen molar-refractivity contribution in [3.8, 4) is 0 Å². The molecule has 1 atom stereocenters. The molecule has 0 aliphatic heterocycles. The van der Waals surface area contributed by atoms with E-state index in [-0.39, 0.29) is 6.04 Å². The number of nitrogens with zero attached hydrogens (tertiary/aromatic N) is 1. The van der Waals surface area contributed by atoms with Crippen LogP contribution in [-0.2, 0) is 19.3 Å². The van der Waals surface area contributed by atoms with Crippen LogP contribution in [0, 0.1) is 0 Å². The number of rotatable bonds is 2. The summed E-state index contributed by atoms with van der Waals surface area (Å²) in [6.07, 6.45) is 4.44. The maximum atomic E-state index is 5.68. The van der Waals surface area contributed by atoms with E-state index in [1.54, 1.807) is 0 Å². The lowest BCUT2D eigenvalue weighted by Crippen LogP contribution is -2.18. The molecule has 0 fully saturated rings. The standard InChI is InChI=1S/C9H15N3/c1-6(10)5-9-11-7-3-2-4-8(7)12-9/h6H,2-5,10H2,1H3,(H,11,12). The monoisotopic (exact) mass is 165 g/mol. The average molecular weight is 165 g/mol. The molecule has 12 heavy (non-hydrogen) atoms.